The second-order valence-corrected chi connectivity index (χ2v) is 6.25. The first-order valence-corrected chi connectivity index (χ1v) is 7.81. The molecule has 2 saturated carbocycles. The number of hydrogen-bond donors (Lipinski definition) is 1. The summed E-state index contributed by atoms with van der Waals surface area (Å²) in [4.78, 5) is 0. The fourth-order valence-corrected chi connectivity index (χ4v) is 3.04. The van der Waals surface area contributed by atoms with Crippen molar-refractivity contribution >= 4 is 0 Å². The van der Waals surface area contributed by atoms with Gasteiger partial charge in [0.2, 0.25) is 0 Å². The highest BCUT2D eigenvalue weighted by atomic mass is 16.5. The monoisotopic (exact) mass is 280 g/mol. The van der Waals surface area contributed by atoms with Gasteiger partial charge in [-0.3, -0.25) is 0 Å². The summed E-state index contributed by atoms with van der Waals surface area (Å²) in [6.45, 7) is 0. The second kappa shape index (κ2) is 5.19. The zero-order valence-corrected chi connectivity index (χ0v) is 12.0. The molecule has 3 atom stereocenters. The average molecular weight is 280 g/mol. The minimum absolute atomic E-state index is 0.337. The van der Waals surface area contributed by atoms with Crippen LogP contribution >= 0.6 is 0 Å². The van der Waals surface area contributed by atoms with E-state index in [1.54, 1.807) is 0 Å². The maximum Gasteiger partial charge on any atom is 0.120 e. The molecule has 2 nitrogen and oxygen atoms in total. The summed E-state index contributed by atoms with van der Waals surface area (Å²) in [6.07, 6.45) is 3.39. The maximum atomic E-state index is 10.6. The minimum Gasteiger partial charge on any atom is -0.490 e. The molecule has 2 fully saturated rings. The van der Waals surface area contributed by atoms with Gasteiger partial charge in [-0.1, -0.05) is 42.5 Å². The van der Waals surface area contributed by atoms with Gasteiger partial charge in [0.1, 0.15) is 5.75 Å². The average Bonchev–Trinajstić information content (AvgIpc) is 3.42. The van der Waals surface area contributed by atoms with E-state index in [1.807, 2.05) is 30.3 Å². The van der Waals surface area contributed by atoms with Crippen LogP contribution in [0.15, 0.2) is 54.6 Å². The zero-order chi connectivity index (χ0) is 14.2. The lowest BCUT2D eigenvalue weighted by atomic mass is 10.0. The highest BCUT2D eigenvalue weighted by Gasteiger charge is 2.43. The van der Waals surface area contributed by atoms with Crippen LogP contribution in [0.5, 0.6) is 5.75 Å². The smallest absolute Gasteiger partial charge is 0.120 e. The number of rotatable bonds is 5. The molecule has 0 aliphatic heterocycles. The molecule has 2 aliphatic rings. The van der Waals surface area contributed by atoms with Gasteiger partial charge < -0.3 is 9.84 Å². The van der Waals surface area contributed by atoms with Gasteiger partial charge in [0.25, 0.3) is 0 Å². The van der Waals surface area contributed by atoms with Crippen molar-refractivity contribution in [3.63, 3.8) is 0 Å². The van der Waals surface area contributed by atoms with E-state index < -0.39 is 6.10 Å². The molecule has 108 valence electrons. The van der Waals surface area contributed by atoms with Crippen LogP contribution in [-0.2, 0) is 0 Å². The largest absolute Gasteiger partial charge is 0.490 e. The first-order chi connectivity index (χ1) is 10.3. The second-order valence-electron chi connectivity index (χ2n) is 6.25. The van der Waals surface area contributed by atoms with Crippen molar-refractivity contribution in [1.82, 2.24) is 0 Å². The van der Waals surface area contributed by atoms with Crippen LogP contribution in [-0.4, -0.2) is 11.2 Å². The van der Waals surface area contributed by atoms with Crippen molar-refractivity contribution in [3.05, 3.63) is 65.7 Å². The summed E-state index contributed by atoms with van der Waals surface area (Å²) in [5.41, 5.74) is 2.32. The van der Waals surface area contributed by atoms with Crippen LogP contribution in [0.4, 0.5) is 0 Å². The number of hydrogen-bond acceptors (Lipinski definition) is 2. The molecular formula is C19H20O2. The Morgan fingerprint density at radius 2 is 1.81 bits per heavy atom. The molecular weight excluding hydrogens is 260 g/mol. The minimum atomic E-state index is -0.391. The molecule has 4 rings (SSSR count). The molecule has 0 spiro atoms. The molecule has 0 saturated heterocycles. The van der Waals surface area contributed by atoms with Crippen LogP contribution < -0.4 is 4.74 Å². The van der Waals surface area contributed by atoms with Gasteiger partial charge in [-0.2, -0.15) is 0 Å². The number of ether oxygens (including phenoxy) is 1. The first kappa shape index (κ1) is 12.9. The van der Waals surface area contributed by atoms with Crippen molar-refractivity contribution in [2.24, 2.45) is 5.92 Å². The lowest BCUT2D eigenvalue weighted by Crippen LogP contribution is -2.03. The number of benzene rings is 2. The Hall–Kier alpha value is -1.80. The van der Waals surface area contributed by atoms with Gasteiger partial charge in [-0.05, 0) is 54.4 Å². The quantitative estimate of drug-likeness (QED) is 0.894. The Bertz CT molecular complexity index is 618. The Labute approximate surface area is 125 Å². The van der Waals surface area contributed by atoms with E-state index in [9.17, 15) is 5.11 Å². The molecule has 21 heavy (non-hydrogen) atoms. The van der Waals surface area contributed by atoms with Gasteiger partial charge >= 0.3 is 0 Å². The van der Waals surface area contributed by atoms with E-state index in [-0.39, 0.29) is 0 Å². The van der Waals surface area contributed by atoms with Crippen LogP contribution in [0, 0.1) is 5.92 Å². The number of aliphatic hydroxyl groups is 1. The predicted molar refractivity (Wildman–Crippen MR) is 82.3 cm³/mol. The third-order valence-electron chi connectivity index (χ3n) is 4.50. The molecule has 2 heteroatoms. The Morgan fingerprint density at radius 3 is 2.57 bits per heavy atom. The van der Waals surface area contributed by atoms with E-state index in [4.69, 9.17) is 4.74 Å². The van der Waals surface area contributed by atoms with Crippen molar-refractivity contribution in [1.29, 1.82) is 0 Å². The van der Waals surface area contributed by atoms with Gasteiger partial charge in [0.15, 0.2) is 0 Å². The van der Waals surface area contributed by atoms with Gasteiger partial charge in [-0.15, -0.1) is 0 Å². The molecule has 0 radical (unpaired) electrons. The van der Waals surface area contributed by atoms with Crippen LogP contribution in [0.25, 0.3) is 0 Å². The topological polar surface area (TPSA) is 29.5 Å². The molecule has 0 heterocycles. The number of aliphatic hydroxyl groups excluding tert-OH is 1. The first-order valence-electron chi connectivity index (χ1n) is 7.81. The third-order valence-corrected chi connectivity index (χ3v) is 4.50. The Kier molecular flexibility index (Phi) is 3.19. The summed E-state index contributed by atoms with van der Waals surface area (Å²) >= 11 is 0. The van der Waals surface area contributed by atoms with E-state index in [0.717, 1.165) is 30.6 Å². The molecule has 0 amide bonds. The van der Waals surface area contributed by atoms with E-state index in [1.165, 1.54) is 5.56 Å². The van der Waals surface area contributed by atoms with Crippen molar-refractivity contribution in [3.8, 4) is 5.75 Å². The summed E-state index contributed by atoms with van der Waals surface area (Å²) in [6, 6.07) is 18.5. The zero-order valence-electron chi connectivity index (χ0n) is 12.0. The van der Waals surface area contributed by atoms with Gasteiger partial charge in [-0.25, -0.2) is 0 Å². The third kappa shape index (κ3) is 2.81. The van der Waals surface area contributed by atoms with Gasteiger partial charge in [0, 0.05) is 0 Å². The standard InChI is InChI=1S/C19H20O2/c20-19(18-12-17(18)13-5-2-1-3-6-13)14-7-4-8-16(11-14)21-15-9-10-15/h1-8,11,15,17-20H,9-10,12H2. The fraction of sp³-hybridized carbons (Fsp3) is 0.368. The summed E-state index contributed by atoms with van der Waals surface area (Å²) in [7, 11) is 0. The van der Waals surface area contributed by atoms with Crippen LogP contribution in [0.1, 0.15) is 42.4 Å². The Balaban J connectivity index is 1.47. The van der Waals surface area contributed by atoms with E-state index in [0.29, 0.717) is 17.9 Å². The Morgan fingerprint density at radius 1 is 1.00 bits per heavy atom. The van der Waals surface area contributed by atoms with Crippen molar-refractivity contribution in [2.45, 2.75) is 37.4 Å². The van der Waals surface area contributed by atoms with Crippen LogP contribution in [0.3, 0.4) is 0 Å². The summed E-state index contributed by atoms with van der Waals surface area (Å²) < 4.78 is 5.82. The maximum absolute atomic E-state index is 10.6. The highest BCUT2D eigenvalue weighted by Crippen LogP contribution is 2.54. The summed E-state index contributed by atoms with van der Waals surface area (Å²) in [5.74, 6) is 1.73. The van der Waals surface area contributed by atoms with E-state index in [2.05, 4.69) is 24.3 Å². The lowest BCUT2D eigenvalue weighted by Gasteiger charge is -2.13. The molecule has 3 unspecified atom stereocenters. The normalized spacial score (nSPS) is 25.4. The lowest BCUT2D eigenvalue weighted by molar-refractivity contribution is 0.150. The predicted octanol–water partition coefficient (Wildman–Crippen LogP) is 4.06. The molecule has 1 N–H and O–H groups in total. The van der Waals surface area contributed by atoms with Crippen LogP contribution in [0.2, 0.25) is 0 Å². The highest BCUT2D eigenvalue weighted by molar-refractivity contribution is 5.34. The van der Waals surface area contributed by atoms with Gasteiger partial charge in [0.05, 0.1) is 12.2 Å². The fourth-order valence-electron chi connectivity index (χ4n) is 3.04. The molecule has 2 aromatic carbocycles. The molecule has 0 bridgehead atoms. The SMILES string of the molecule is OC(c1cccc(OC2CC2)c1)C1CC1c1ccccc1. The molecule has 2 aromatic rings. The summed E-state index contributed by atoms with van der Waals surface area (Å²) in [5, 5.41) is 10.6. The molecule has 2 aliphatic carbocycles. The van der Waals surface area contributed by atoms with Crippen molar-refractivity contribution in [2.75, 3.05) is 0 Å². The van der Waals surface area contributed by atoms with Crippen molar-refractivity contribution < 1.29 is 9.84 Å². The van der Waals surface area contributed by atoms with E-state index >= 15 is 0 Å². The molecule has 0 aromatic heterocycles.